The van der Waals surface area contributed by atoms with Crippen molar-refractivity contribution in [2.75, 3.05) is 12.4 Å². The summed E-state index contributed by atoms with van der Waals surface area (Å²) in [7, 11) is 0. The first-order chi connectivity index (χ1) is 10.1. The Morgan fingerprint density at radius 3 is 2.43 bits per heavy atom. The highest BCUT2D eigenvalue weighted by molar-refractivity contribution is 7.99. The number of aromatic carboxylic acids is 1. The summed E-state index contributed by atoms with van der Waals surface area (Å²) >= 11 is 13.6. The van der Waals surface area contributed by atoms with Crippen LogP contribution >= 0.6 is 35.0 Å². The standard InChI is InChI=1S/C15H12Cl2O3S/c16-11-5-3-6-12(17)14(11)21-9-8-20-13-7-2-1-4-10(13)15(18)19/h1-7H,8-9H2,(H,18,19). The minimum Gasteiger partial charge on any atom is -0.492 e. The van der Waals surface area contributed by atoms with Crippen molar-refractivity contribution in [1.29, 1.82) is 0 Å². The molecule has 0 saturated carbocycles. The smallest absolute Gasteiger partial charge is 0.339 e. The molecule has 3 nitrogen and oxygen atoms in total. The predicted octanol–water partition coefficient (Wildman–Crippen LogP) is 4.86. The SMILES string of the molecule is O=C(O)c1ccccc1OCCSc1c(Cl)cccc1Cl. The van der Waals surface area contributed by atoms with Gasteiger partial charge < -0.3 is 9.84 Å². The van der Waals surface area contributed by atoms with Crippen LogP contribution in [0.1, 0.15) is 10.4 Å². The lowest BCUT2D eigenvalue weighted by molar-refractivity contribution is 0.0692. The van der Waals surface area contributed by atoms with E-state index in [0.717, 1.165) is 4.90 Å². The first-order valence-corrected chi connectivity index (χ1v) is 7.85. The largest absolute Gasteiger partial charge is 0.492 e. The van der Waals surface area contributed by atoms with Crippen molar-refractivity contribution in [2.45, 2.75) is 4.90 Å². The number of rotatable bonds is 6. The summed E-state index contributed by atoms with van der Waals surface area (Å²) in [5.74, 6) is -0.0412. The maximum absolute atomic E-state index is 11.0. The summed E-state index contributed by atoms with van der Waals surface area (Å²) in [6.45, 7) is 0.358. The molecule has 0 fully saturated rings. The first kappa shape index (κ1) is 16.0. The van der Waals surface area contributed by atoms with Gasteiger partial charge in [0.15, 0.2) is 0 Å². The lowest BCUT2D eigenvalue weighted by atomic mass is 10.2. The minimum absolute atomic E-state index is 0.151. The number of carboxylic acid groups (broad SMARTS) is 1. The van der Waals surface area contributed by atoms with Crippen LogP contribution in [-0.4, -0.2) is 23.4 Å². The molecule has 1 N–H and O–H groups in total. The Balaban J connectivity index is 1.92. The van der Waals surface area contributed by atoms with E-state index in [1.54, 1.807) is 36.4 Å². The average molecular weight is 343 g/mol. The van der Waals surface area contributed by atoms with E-state index in [-0.39, 0.29) is 5.56 Å². The molecule has 0 amide bonds. The minimum atomic E-state index is -1.01. The van der Waals surface area contributed by atoms with E-state index in [0.29, 0.717) is 28.2 Å². The van der Waals surface area contributed by atoms with E-state index >= 15 is 0 Å². The average Bonchev–Trinajstić information content (AvgIpc) is 2.46. The zero-order chi connectivity index (χ0) is 15.2. The summed E-state index contributed by atoms with van der Waals surface area (Å²) in [6.07, 6.45) is 0. The number of hydrogen-bond acceptors (Lipinski definition) is 3. The summed E-state index contributed by atoms with van der Waals surface area (Å²) in [4.78, 5) is 11.8. The third kappa shape index (κ3) is 4.30. The monoisotopic (exact) mass is 342 g/mol. The molecule has 2 rings (SSSR count). The molecular weight excluding hydrogens is 331 g/mol. The van der Waals surface area contributed by atoms with Gasteiger partial charge in [-0.2, -0.15) is 0 Å². The van der Waals surface area contributed by atoms with E-state index in [9.17, 15) is 4.79 Å². The van der Waals surface area contributed by atoms with Crippen molar-refractivity contribution in [3.63, 3.8) is 0 Å². The zero-order valence-electron chi connectivity index (χ0n) is 10.9. The number of thioether (sulfide) groups is 1. The van der Waals surface area contributed by atoms with Gasteiger partial charge in [-0.25, -0.2) is 4.79 Å². The second kappa shape index (κ2) is 7.59. The lowest BCUT2D eigenvalue weighted by Crippen LogP contribution is -2.05. The van der Waals surface area contributed by atoms with E-state index < -0.39 is 5.97 Å². The van der Waals surface area contributed by atoms with Crippen LogP contribution in [0.3, 0.4) is 0 Å². The van der Waals surface area contributed by atoms with Gasteiger partial charge >= 0.3 is 5.97 Å². The van der Waals surface area contributed by atoms with Gasteiger partial charge in [-0.15, -0.1) is 11.8 Å². The van der Waals surface area contributed by atoms with Crippen molar-refractivity contribution in [2.24, 2.45) is 0 Å². The van der Waals surface area contributed by atoms with Gasteiger partial charge in [-0.05, 0) is 24.3 Å². The summed E-state index contributed by atoms with van der Waals surface area (Å²) in [5, 5.41) is 10.2. The Labute approximate surface area is 136 Å². The highest BCUT2D eigenvalue weighted by atomic mass is 35.5. The molecule has 6 heteroatoms. The fourth-order valence-electron chi connectivity index (χ4n) is 1.68. The van der Waals surface area contributed by atoms with Gasteiger partial charge in [0.25, 0.3) is 0 Å². The van der Waals surface area contributed by atoms with Crippen LogP contribution in [0.25, 0.3) is 0 Å². The Morgan fingerprint density at radius 2 is 1.76 bits per heavy atom. The van der Waals surface area contributed by atoms with E-state index in [2.05, 4.69) is 0 Å². The normalized spacial score (nSPS) is 10.4. The summed E-state index contributed by atoms with van der Waals surface area (Å²) in [6, 6.07) is 11.9. The van der Waals surface area contributed by atoms with E-state index in [1.807, 2.05) is 0 Å². The molecule has 0 radical (unpaired) electrons. The van der Waals surface area contributed by atoms with Gasteiger partial charge in [0.1, 0.15) is 11.3 Å². The molecule has 0 saturated heterocycles. The molecule has 0 aromatic heterocycles. The second-order valence-electron chi connectivity index (χ2n) is 4.05. The van der Waals surface area contributed by atoms with Crippen LogP contribution in [0.4, 0.5) is 0 Å². The number of carbonyl (C=O) groups is 1. The van der Waals surface area contributed by atoms with E-state index in [1.165, 1.54) is 17.8 Å². The van der Waals surface area contributed by atoms with Crippen molar-refractivity contribution in [1.82, 2.24) is 0 Å². The van der Waals surface area contributed by atoms with Crippen LogP contribution in [0.5, 0.6) is 5.75 Å². The highest BCUT2D eigenvalue weighted by Gasteiger charge is 2.10. The molecule has 21 heavy (non-hydrogen) atoms. The van der Waals surface area contributed by atoms with Gasteiger partial charge in [-0.3, -0.25) is 0 Å². The maximum Gasteiger partial charge on any atom is 0.339 e. The maximum atomic E-state index is 11.0. The summed E-state index contributed by atoms with van der Waals surface area (Å²) in [5.41, 5.74) is 0.151. The quantitative estimate of drug-likeness (QED) is 0.601. The first-order valence-electron chi connectivity index (χ1n) is 6.11. The number of ether oxygens (including phenoxy) is 1. The molecule has 2 aromatic carbocycles. The van der Waals surface area contributed by atoms with Crippen molar-refractivity contribution in [3.8, 4) is 5.75 Å². The van der Waals surface area contributed by atoms with Crippen LogP contribution < -0.4 is 4.74 Å². The summed E-state index contributed by atoms with van der Waals surface area (Å²) < 4.78 is 5.51. The molecule has 0 unspecified atom stereocenters. The Kier molecular flexibility index (Phi) is 5.79. The third-order valence-corrected chi connectivity index (χ3v) is 4.58. The third-order valence-electron chi connectivity index (χ3n) is 2.62. The number of carboxylic acids is 1. The Morgan fingerprint density at radius 1 is 1.10 bits per heavy atom. The van der Waals surface area contributed by atoms with Gasteiger partial charge in [-0.1, -0.05) is 41.4 Å². The van der Waals surface area contributed by atoms with Gasteiger partial charge in [0, 0.05) is 10.6 Å². The lowest BCUT2D eigenvalue weighted by Gasteiger charge is -2.10. The van der Waals surface area contributed by atoms with Gasteiger partial charge in [0.2, 0.25) is 0 Å². The number of halogens is 2. The molecule has 0 aliphatic rings. The number of para-hydroxylation sites is 1. The Bertz CT molecular complexity index is 626. The Hall–Kier alpha value is -1.36. The topological polar surface area (TPSA) is 46.5 Å². The van der Waals surface area contributed by atoms with Crippen molar-refractivity contribution >= 4 is 40.9 Å². The number of benzene rings is 2. The molecule has 0 bridgehead atoms. The molecule has 2 aromatic rings. The van der Waals surface area contributed by atoms with Crippen molar-refractivity contribution < 1.29 is 14.6 Å². The molecule has 0 aliphatic carbocycles. The molecule has 0 aliphatic heterocycles. The van der Waals surface area contributed by atoms with Crippen molar-refractivity contribution in [3.05, 3.63) is 58.1 Å². The fraction of sp³-hybridized carbons (Fsp3) is 0.133. The molecular formula is C15H12Cl2O3S. The molecule has 110 valence electrons. The number of hydrogen-bond donors (Lipinski definition) is 1. The zero-order valence-corrected chi connectivity index (χ0v) is 13.2. The predicted molar refractivity (Wildman–Crippen MR) is 86.1 cm³/mol. The molecule has 0 heterocycles. The van der Waals surface area contributed by atoms with Gasteiger partial charge in [0.05, 0.1) is 16.7 Å². The molecule has 0 atom stereocenters. The van der Waals surface area contributed by atoms with Crippen LogP contribution in [-0.2, 0) is 0 Å². The van der Waals surface area contributed by atoms with E-state index in [4.69, 9.17) is 33.0 Å². The molecule has 0 spiro atoms. The van der Waals surface area contributed by atoms with Crippen LogP contribution in [0.2, 0.25) is 10.0 Å². The van der Waals surface area contributed by atoms with Crippen LogP contribution in [0.15, 0.2) is 47.4 Å². The highest BCUT2D eigenvalue weighted by Crippen LogP contribution is 2.33. The van der Waals surface area contributed by atoms with Crippen LogP contribution in [0, 0.1) is 0 Å². The fourth-order valence-corrected chi connectivity index (χ4v) is 3.19. The second-order valence-corrected chi connectivity index (χ2v) is 5.97.